The molecule has 4 unspecified atom stereocenters. The lowest BCUT2D eigenvalue weighted by Gasteiger charge is -2.35. The Labute approximate surface area is 129 Å². The molecule has 0 aromatic carbocycles. The molecule has 4 atom stereocenters. The van der Waals surface area contributed by atoms with Crippen molar-refractivity contribution in [3.8, 4) is 0 Å². The standard InChI is InChI=1S/C20H40/c1-14(2)12-16(4)19(6,7)13-15(3)10-11-18-17(5)20(18,8)9/h14-18H,10-13H2,1-9H3. The Bertz CT molecular complexity index is 297. The molecule has 0 spiro atoms. The van der Waals surface area contributed by atoms with Crippen LogP contribution in [0.25, 0.3) is 0 Å². The van der Waals surface area contributed by atoms with Crippen LogP contribution in [0.5, 0.6) is 0 Å². The van der Waals surface area contributed by atoms with Crippen LogP contribution in [0.15, 0.2) is 0 Å². The molecule has 0 heterocycles. The predicted molar refractivity (Wildman–Crippen MR) is 91.9 cm³/mol. The molecule has 1 rings (SSSR count). The molecule has 1 aliphatic carbocycles. The molecule has 0 radical (unpaired) electrons. The summed E-state index contributed by atoms with van der Waals surface area (Å²) >= 11 is 0. The normalized spacial score (nSPS) is 28.5. The van der Waals surface area contributed by atoms with E-state index in [1.807, 2.05) is 0 Å². The van der Waals surface area contributed by atoms with Crippen molar-refractivity contribution in [1.29, 1.82) is 0 Å². The van der Waals surface area contributed by atoms with Crippen LogP contribution in [-0.2, 0) is 0 Å². The predicted octanol–water partition coefficient (Wildman–Crippen LogP) is 6.79. The van der Waals surface area contributed by atoms with Gasteiger partial charge in [-0.1, -0.05) is 68.7 Å². The fraction of sp³-hybridized carbons (Fsp3) is 1.00. The molecular formula is C20H40. The molecule has 1 aliphatic rings. The molecule has 0 saturated heterocycles. The molecule has 120 valence electrons. The van der Waals surface area contributed by atoms with Gasteiger partial charge in [-0.25, -0.2) is 0 Å². The molecule has 0 heteroatoms. The monoisotopic (exact) mass is 280 g/mol. The maximum Gasteiger partial charge on any atom is -0.0295 e. The van der Waals surface area contributed by atoms with Crippen molar-refractivity contribution in [2.24, 2.45) is 40.4 Å². The minimum Gasteiger partial charge on any atom is -0.0628 e. The first-order valence-corrected chi connectivity index (χ1v) is 8.98. The average Bonchev–Trinajstić information content (AvgIpc) is 2.73. The van der Waals surface area contributed by atoms with Gasteiger partial charge < -0.3 is 0 Å². The van der Waals surface area contributed by atoms with Gasteiger partial charge in [0.1, 0.15) is 0 Å². The van der Waals surface area contributed by atoms with Gasteiger partial charge in [0, 0.05) is 0 Å². The molecule has 20 heavy (non-hydrogen) atoms. The van der Waals surface area contributed by atoms with Gasteiger partial charge in [0.05, 0.1) is 0 Å². The van der Waals surface area contributed by atoms with E-state index in [2.05, 4.69) is 62.3 Å². The van der Waals surface area contributed by atoms with Gasteiger partial charge >= 0.3 is 0 Å². The van der Waals surface area contributed by atoms with Crippen LogP contribution in [0, 0.1) is 40.4 Å². The molecule has 0 aromatic heterocycles. The summed E-state index contributed by atoms with van der Waals surface area (Å²) < 4.78 is 0. The Balaban J connectivity index is 2.35. The first-order chi connectivity index (χ1) is 8.98. The molecule has 0 bridgehead atoms. The molecule has 0 aliphatic heterocycles. The Hall–Kier alpha value is 0. The van der Waals surface area contributed by atoms with E-state index in [4.69, 9.17) is 0 Å². The summed E-state index contributed by atoms with van der Waals surface area (Å²) in [6, 6.07) is 0. The largest absolute Gasteiger partial charge is 0.0628 e. The van der Waals surface area contributed by atoms with E-state index in [-0.39, 0.29) is 0 Å². The van der Waals surface area contributed by atoms with Crippen LogP contribution in [0.1, 0.15) is 88.0 Å². The van der Waals surface area contributed by atoms with Crippen molar-refractivity contribution in [2.75, 3.05) is 0 Å². The second kappa shape index (κ2) is 6.41. The number of hydrogen-bond acceptors (Lipinski definition) is 0. The summed E-state index contributed by atoms with van der Waals surface area (Å²) in [7, 11) is 0. The lowest BCUT2D eigenvalue weighted by atomic mass is 9.70. The Morgan fingerprint density at radius 3 is 1.95 bits per heavy atom. The summed E-state index contributed by atoms with van der Waals surface area (Å²) in [4.78, 5) is 0. The fourth-order valence-corrected chi connectivity index (χ4v) is 4.33. The highest BCUT2D eigenvalue weighted by atomic mass is 14.6. The van der Waals surface area contributed by atoms with Crippen molar-refractivity contribution in [2.45, 2.75) is 88.0 Å². The van der Waals surface area contributed by atoms with Crippen molar-refractivity contribution < 1.29 is 0 Å². The van der Waals surface area contributed by atoms with Crippen LogP contribution in [0.3, 0.4) is 0 Å². The van der Waals surface area contributed by atoms with Gasteiger partial charge in [-0.3, -0.25) is 0 Å². The van der Waals surface area contributed by atoms with Crippen LogP contribution in [0.4, 0.5) is 0 Å². The summed E-state index contributed by atoms with van der Waals surface area (Å²) in [6.07, 6.45) is 5.63. The van der Waals surface area contributed by atoms with Crippen LogP contribution >= 0.6 is 0 Å². The number of rotatable bonds is 8. The smallest absolute Gasteiger partial charge is 0.0295 e. The molecule has 1 saturated carbocycles. The summed E-state index contributed by atoms with van der Waals surface area (Å²) in [5.74, 6) is 4.47. The molecular weight excluding hydrogens is 240 g/mol. The Morgan fingerprint density at radius 1 is 1.05 bits per heavy atom. The van der Waals surface area contributed by atoms with E-state index in [1.54, 1.807) is 0 Å². The quantitative estimate of drug-likeness (QED) is 0.459. The van der Waals surface area contributed by atoms with E-state index in [0.717, 1.165) is 29.6 Å². The van der Waals surface area contributed by atoms with Crippen molar-refractivity contribution in [1.82, 2.24) is 0 Å². The molecule has 0 amide bonds. The molecule has 1 fully saturated rings. The van der Waals surface area contributed by atoms with Gasteiger partial charge in [-0.05, 0) is 59.7 Å². The van der Waals surface area contributed by atoms with E-state index in [9.17, 15) is 0 Å². The third-order valence-corrected chi connectivity index (χ3v) is 6.63. The molecule has 0 nitrogen and oxygen atoms in total. The molecule has 0 aromatic rings. The third-order valence-electron chi connectivity index (χ3n) is 6.63. The summed E-state index contributed by atoms with van der Waals surface area (Å²) in [6.45, 7) is 21.9. The highest BCUT2D eigenvalue weighted by Crippen LogP contribution is 2.60. The van der Waals surface area contributed by atoms with E-state index in [0.29, 0.717) is 10.8 Å². The van der Waals surface area contributed by atoms with Gasteiger partial charge in [-0.2, -0.15) is 0 Å². The average molecular weight is 281 g/mol. The lowest BCUT2D eigenvalue weighted by molar-refractivity contribution is 0.152. The second-order valence-electron chi connectivity index (χ2n) is 9.62. The summed E-state index contributed by atoms with van der Waals surface area (Å²) in [5.41, 5.74) is 1.12. The second-order valence-corrected chi connectivity index (χ2v) is 9.62. The van der Waals surface area contributed by atoms with Crippen LogP contribution < -0.4 is 0 Å². The zero-order chi connectivity index (χ0) is 15.7. The Kier molecular flexibility index (Phi) is 5.78. The van der Waals surface area contributed by atoms with E-state index in [1.165, 1.54) is 25.7 Å². The third kappa shape index (κ3) is 4.50. The zero-order valence-corrected chi connectivity index (χ0v) is 15.7. The van der Waals surface area contributed by atoms with Crippen LogP contribution in [-0.4, -0.2) is 0 Å². The van der Waals surface area contributed by atoms with Gasteiger partial charge in [-0.15, -0.1) is 0 Å². The maximum atomic E-state index is 2.49. The lowest BCUT2D eigenvalue weighted by Crippen LogP contribution is -2.25. The SMILES string of the molecule is CC(C)CC(C)C(C)(C)CC(C)CCC1C(C)C1(C)C. The highest BCUT2D eigenvalue weighted by Gasteiger charge is 2.53. The zero-order valence-electron chi connectivity index (χ0n) is 15.7. The van der Waals surface area contributed by atoms with Crippen LogP contribution in [0.2, 0.25) is 0 Å². The van der Waals surface area contributed by atoms with Gasteiger partial charge in [0.2, 0.25) is 0 Å². The fourth-order valence-electron chi connectivity index (χ4n) is 4.33. The van der Waals surface area contributed by atoms with E-state index < -0.39 is 0 Å². The maximum absolute atomic E-state index is 2.49. The minimum atomic E-state index is 0.494. The Morgan fingerprint density at radius 2 is 1.55 bits per heavy atom. The number of hydrogen-bond donors (Lipinski definition) is 0. The molecule has 0 N–H and O–H groups in total. The van der Waals surface area contributed by atoms with Crippen molar-refractivity contribution >= 4 is 0 Å². The van der Waals surface area contributed by atoms with E-state index >= 15 is 0 Å². The summed E-state index contributed by atoms with van der Waals surface area (Å²) in [5, 5.41) is 0. The van der Waals surface area contributed by atoms with Crippen molar-refractivity contribution in [3.05, 3.63) is 0 Å². The topological polar surface area (TPSA) is 0 Å². The first-order valence-electron chi connectivity index (χ1n) is 8.98. The minimum absolute atomic E-state index is 0.494. The van der Waals surface area contributed by atoms with Gasteiger partial charge in [0.25, 0.3) is 0 Å². The highest BCUT2D eigenvalue weighted by molar-refractivity contribution is 5.02. The van der Waals surface area contributed by atoms with Gasteiger partial charge in [0.15, 0.2) is 0 Å². The van der Waals surface area contributed by atoms with Crippen molar-refractivity contribution in [3.63, 3.8) is 0 Å². The first kappa shape index (κ1) is 18.1.